The Morgan fingerprint density at radius 3 is 2.50 bits per heavy atom. The molecule has 0 aliphatic rings. The number of carboxylic acids is 1. The van der Waals surface area contributed by atoms with Crippen LogP contribution in [0.2, 0.25) is 0 Å². The van der Waals surface area contributed by atoms with Gasteiger partial charge in [0.25, 0.3) is 0 Å². The predicted molar refractivity (Wildman–Crippen MR) is 51.5 cm³/mol. The van der Waals surface area contributed by atoms with Gasteiger partial charge in [0, 0.05) is 6.42 Å². The number of esters is 1. The highest BCUT2D eigenvalue weighted by atomic mass is 16.5. The minimum atomic E-state index is -1.27. The lowest BCUT2D eigenvalue weighted by Crippen LogP contribution is -2.33. The average Bonchev–Trinajstić information content (AvgIpc) is 2.17. The smallest absolute Gasteiger partial charge is 0.419 e. The largest absolute Gasteiger partial charge is 0.480 e. The summed E-state index contributed by atoms with van der Waals surface area (Å²) in [6, 6.07) is -1.13. The molecule has 90 valence electrons. The van der Waals surface area contributed by atoms with Crippen molar-refractivity contribution in [1.82, 2.24) is 0 Å². The Labute approximate surface area is 91.2 Å². The van der Waals surface area contributed by atoms with Gasteiger partial charge in [-0.25, -0.2) is 4.79 Å². The lowest BCUT2D eigenvalue weighted by molar-refractivity contribution is -0.144. The molecule has 0 aromatic carbocycles. The van der Waals surface area contributed by atoms with Crippen molar-refractivity contribution < 1.29 is 29.3 Å². The maximum absolute atomic E-state index is 11.1. The van der Waals surface area contributed by atoms with Crippen LogP contribution in [0.15, 0.2) is 0 Å². The molecular formula is C8H13N3O5. The average molecular weight is 231 g/mol. The van der Waals surface area contributed by atoms with Gasteiger partial charge in [-0.3, -0.25) is 4.79 Å². The number of aliphatic carboxylic acids is 1. The molecule has 0 aromatic rings. The minimum absolute atomic E-state index is 0.0698. The van der Waals surface area contributed by atoms with Crippen molar-refractivity contribution in [3.8, 4) is 0 Å². The van der Waals surface area contributed by atoms with Gasteiger partial charge in [0.05, 0.1) is 6.61 Å². The van der Waals surface area contributed by atoms with Crippen molar-refractivity contribution in [3.63, 3.8) is 0 Å². The Bertz CT molecular complexity index is 322. The van der Waals surface area contributed by atoms with E-state index in [4.69, 9.17) is 21.5 Å². The van der Waals surface area contributed by atoms with Crippen LogP contribution < -0.4 is 5.73 Å². The summed E-state index contributed by atoms with van der Waals surface area (Å²) in [6.45, 7) is 0.983. The number of nitrogens with zero attached hydrogens (tertiary/aromatic N) is 2. The van der Waals surface area contributed by atoms with Crippen molar-refractivity contribution in [2.75, 3.05) is 6.61 Å². The van der Waals surface area contributed by atoms with Crippen LogP contribution in [0.25, 0.3) is 5.53 Å². The van der Waals surface area contributed by atoms with Crippen molar-refractivity contribution in [2.24, 2.45) is 5.73 Å². The Morgan fingerprint density at radius 2 is 2.12 bits per heavy atom. The molecule has 0 aliphatic heterocycles. The van der Waals surface area contributed by atoms with E-state index in [1.807, 2.05) is 0 Å². The highest BCUT2D eigenvalue weighted by molar-refractivity contribution is 6.35. The summed E-state index contributed by atoms with van der Waals surface area (Å²) in [5.41, 5.74) is 13.0. The van der Waals surface area contributed by atoms with Gasteiger partial charge in [0.1, 0.15) is 6.04 Å². The third-order valence-corrected chi connectivity index (χ3v) is 1.69. The maximum Gasteiger partial charge on any atom is 0.419 e. The number of aliphatic hydroxyl groups excluding tert-OH is 1. The molecule has 16 heavy (non-hydrogen) atoms. The molecule has 2 atom stereocenters. The number of nitrogens with two attached hydrogens (primary N) is 1. The van der Waals surface area contributed by atoms with E-state index in [0.29, 0.717) is 0 Å². The van der Waals surface area contributed by atoms with Crippen LogP contribution in [0.4, 0.5) is 0 Å². The fraction of sp³-hybridized carbons (Fsp3) is 0.625. The predicted octanol–water partition coefficient (Wildman–Crippen LogP) is -1.62. The number of hydrogen-bond acceptors (Lipinski definition) is 5. The van der Waals surface area contributed by atoms with Crippen LogP contribution in [-0.4, -0.2) is 51.4 Å². The van der Waals surface area contributed by atoms with Gasteiger partial charge in [-0.1, -0.05) is 0 Å². The topological polar surface area (TPSA) is 146 Å². The summed E-state index contributed by atoms with van der Waals surface area (Å²) >= 11 is 0. The zero-order valence-corrected chi connectivity index (χ0v) is 8.66. The first-order valence-corrected chi connectivity index (χ1v) is 4.45. The zero-order chi connectivity index (χ0) is 12.7. The van der Waals surface area contributed by atoms with Gasteiger partial charge in [-0.2, -0.15) is 4.79 Å². The third kappa shape index (κ3) is 4.65. The summed E-state index contributed by atoms with van der Waals surface area (Å²) in [7, 11) is 0. The summed E-state index contributed by atoms with van der Waals surface area (Å²) < 4.78 is 4.54. The quantitative estimate of drug-likeness (QED) is 0.217. The Hall–Kier alpha value is -1.76. The van der Waals surface area contributed by atoms with E-state index in [2.05, 4.69) is 9.53 Å². The van der Waals surface area contributed by atoms with Gasteiger partial charge >= 0.3 is 17.7 Å². The zero-order valence-electron chi connectivity index (χ0n) is 8.66. The van der Waals surface area contributed by atoms with Crippen LogP contribution in [-0.2, 0) is 14.3 Å². The van der Waals surface area contributed by atoms with Crippen LogP contribution in [0.5, 0.6) is 0 Å². The van der Waals surface area contributed by atoms with E-state index in [9.17, 15) is 9.59 Å². The number of carbonyl (C=O) groups excluding carboxylic acids is 1. The van der Waals surface area contributed by atoms with Crippen LogP contribution in [0, 0.1) is 0 Å². The number of carbonyl (C=O) groups is 2. The summed E-state index contributed by atoms with van der Waals surface area (Å²) in [6.07, 6.45) is -1.34. The van der Waals surface area contributed by atoms with E-state index < -0.39 is 29.8 Å². The number of ether oxygens (including phenoxy) is 1. The molecule has 0 saturated carbocycles. The van der Waals surface area contributed by atoms with Crippen LogP contribution >= 0.6 is 0 Å². The molecule has 0 rings (SSSR count). The fourth-order valence-electron chi connectivity index (χ4n) is 0.771. The molecule has 8 nitrogen and oxygen atoms in total. The van der Waals surface area contributed by atoms with Gasteiger partial charge in [0.15, 0.2) is 6.10 Å². The monoisotopic (exact) mass is 231 g/mol. The lowest BCUT2D eigenvalue weighted by atomic mass is 10.2. The lowest BCUT2D eigenvalue weighted by Gasteiger charge is -2.06. The Kier molecular flexibility index (Phi) is 5.94. The molecular weight excluding hydrogens is 218 g/mol. The van der Waals surface area contributed by atoms with E-state index in [-0.39, 0.29) is 13.0 Å². The molecule has 4 N–H and O–H groups in total. The van der Waals surface area contributed by atoms with Crippen molar-refractivity contribution >= 4 is 17.7 Å². The molecule has 0 aliphatic carbocycles. The van der Waals surface area contributed by atoms with E-state index in [0.717, 1.165) is 0 Å². The molecule has 0 bridgehead atoms. The maximum atomic E-state index is 11.1. The number of aliphatic hydroxyl groups is 1. The molecule has 8 heteroatoms. The van der Waals surface area contributed by atoms with Gasteiger partial charge in [-0.05, 0) is 6.92 Å². The summed E-state index contributed by atoms with van der Waals surface area (Å²) in [4.78, 5) is 24.0. The van der Waals surface area contributed by atoms with E-state index in [1.165, 1.54) is 6.92 Å². The van der Waals surface area contributed by atoms with Gasteiger partial charge in [0.2, 0.25) is 0 Å². The minimum Gasteiger partial charge on any atom is -0.480 e. The van der Waals surface area contributed by atoms with Crippen LogP contribution in [0.3, 0.4) is 0 Å². The normalized spacial score (nSPS) is 13.4. The Balaban J connectivity index is 4.09. The molecule has 0 aromatic heterocycles. The molecule has 0 spiro atoms. The SMILES string of the molecule is C[C@@H](O)C(=[N+]=[N-])C(=O)OCC[C@H](N)C(=O)O. The highest BCUT2D eigenvalue weighted by Crippen LogP contribution is 1.93. The van der Waals surface area contributed by atoms with Gasteiger partial charge in [-0.15, -0.1) is 0 Å². The molecule has 0 fully saturated rings. The van der Waals surface area contributed by atoms with E-state index >= 15 is 0 Å². The van der Waals surface area contributed by atoms with Crippen molar-refractivity contribution in [2.45, 2.75) is 25.5 Å². The third-order valence-electron chi connectivity index (χ3n) is 1.69. The first kappa shape index (κ1) is 14.2. The van der Waals surface area contributed by atoms with Gasteiger partial charge < -0.3 is 26.2 Å². The second-order valence-electron chi connectivity index (χ2n) is 3.03. The first-order chi connectivity index (χ1) is 7.40. The molecule has 0 amide bonds. The van der Waals surface area contributed by atoms with Crippen molar-refractivity contribution in [1.29, 1.82) is 0 Å². The summed E-state index contributed by atoms with van der Waals surface area (Å²) in [5.74, 6) is -2.22. The molecule has 0 saturated heterocycles. The second-order valence-corrected chi connectivity index (χ2v) is 3.03. The number of hydrogen-bond donors (Lipinski definition) is 3. The molecule has 0 heterocycles. The number of carboxylic acid groups (broad SMARTS) is 1. The molecule has 0 radical (unpaired) electrons. The second kappa shape index (κ2) is 6.67. The molecule has 0 unspecified atom stereocenters. The van der Waals surface area contributed by atoms with Crippen LogP contribution in [0.1, 0.15) is 13.3 Å². The number of rotatable bonds is 6. The van der Waals surface area contributed by atoms with Crippen molar-refractivity contribution in [3.05, 3.63) is 5.53 Å². The fourth-order valence-corrected chi connectivity index (χ4v) is 0.771. The highest BCUT2D eigenvalue weighted by Gasteiger charge is 2.27. The standard InChI is InChI=1S/C8H13N3O5/c1-4(12)6(11-10)8(15)16-3-2-5(9)7(13)14/h4-5,12H,2-3,9H2,1H3,(H,13,14)/t4-,5+/m1/s1. The summed E-state index contributed by atoms with van der Waals surface area (Å²) in [5, 5.41) is 17.4. The first-order valence-electron chi connectivity index (χ1n) is 4.45. The van der Waals surface area contributed by atoms with E-state index in [1.54, 1.807) is 0 Å². The Morgan fingerprint density at radius 1 is 1.56 bits per heavy atom.